The van der Waals surface area contributed by atoms with E-state index in [0.717, 1.165) is 0 Å². The second-order valence-corrected chi connectivity index (χ2v) is 21.0. The summed E-state index contributed by atoms with van der Waals surface area (Å²) in [5.41, 5.74) is 0. The summed E-state index contributed by atoms with van der Waals surface area (Å²) in [6, 6.07) is 31.6. The number of benzene rings is 4. The van der Waals surface area contributed by atoms with Crippen LogP contribution in [0.5, 0.6) is 0 Å². The molecule has 2 saturated heterocycles. The van der Waals surface area contributed by atoms with Crippen molar-refractivity contribution in [2.75, 3.05) is 159 Å². The molecular weight excluding hydrogens is 1080 g/mol. The minimum atomic E-state index is -3.50. The molecule has 0 bridgehead atoms. The molecule has 0 aliphatic carbocycles. The average molecular weight is 1160 g/mol. The van der Waals surface area contributed by atoms with Gasteiger partial charge in [0.2, 0.25) is 40.1 Å². The zero-order chi connectivity index (χ0) is 55.9. The predicted molar refractivity (Wildman–Crippen MR) is 281 cm³/mol. The summed E-state index contributed by atoms with van der Waals surface area (Å²) in [4.78, 5) is 0.593. The molecule has 0 aromatic heterocycles. The van der Waals surface area contributed by atoms with Gasteiger partial charge in [0.05, 0.1) is 178 Å². The molecule has 2 aliphatic rings. The van der Waals surface area contributed by atoms with Gasteiger partial charge in [-0.3, -0.25) is 0 Å². The lowest BCUT2D eigenvalue weighted by molar-refractivity contribution is -0.0334. The minimum Gasteiger partial charge on any atom is -0.377 e. The first-order valence-electron chi connectivity index (χ1n) is 23.7. The third-order valence-corrected chi connectivity index (χ3v) is 12.5. The van der Waals surface area contributed by atoms with E-state index in [0.29, 0.717) is 159 Å². The Kier molecular flexibility index (Phi) is 41.4. The highest BCUT2D eigenvalue weighted by molar-refractivity contribution is 7.90. The van der Waals surface area contributed by atoms with Crippen molar-refractivity contribution in [3.05, 3.63) is 121 Å². The van der Waals surface area contributed by atoms with Gasteiger partial charge in [-0.1, -0.05) is 72.8 Å². The van der Waals surface area contributed by atoms with E-state index < -0.39 is 40.1 Å². The van der Waals surface area contributed by atoms with Crippen LogP contribution < -0.4 is 20.6 Å². The van der Waals surface area contributed by atoms with Crippen LogP contribution in [0.1, 0.15) is 0 Å². The van der Waals surface area contributed by atoms with Gasteiger partial charge in [-0.15, -0.1) is 0 Å². The third-order valence-electron chi connectivity index (χ3n) is 8.75. The van der Waals surface area contributed by atoms with E-state index in [4.69, 9.17) is 77.4 Å². The fourth-order valence-electron chi connectivity index (χ4n) is 5.08. The van der Waals surface area contributed by atoms with Crippen LogP contribution in [0.3, 0.4) is 0 Å². The van der Waals surface area contributed by atoms with E-state index in [1.54, 1.807) is 72.8 Å². The van der Waals surface area contributed by atoms with Gasteiger partial charge in [0.1, 0.15) is 0 Å². The molecule has 28 heteroatoms. The summed E-state index contributed by atoms with van der Waals surface area (Å²) < 4.78 is 149. The van der Waals surface area contributed by atoms with Gasteiger partial charge in [-0.2, -0.15) is 0 Å². The number of nitrogens with two attached hydrogens (primary N) is 4. The lowest BCUT2D eigenvalue weighted by atomic mass is 10.4. The maximum Gasteiger partial charge on any atom is 0.238 e. The molecule has 0 unspecified atom stereocenters. The fourth-order valence-corrected chi connectivity index (χ4v) is 7.23. The SMILES string of the molecule is C1COCCOCCOCCOCCOCCO1.C1COCCOCCOCCOCCOCCO1.NS(=O)(=O)c1ccccc1.NS(=O)(=O)c1ccccc1.NS(=O)(=O)c1ccccc1.NS(=O)(=O)c1ccccc1. The average Bonchev–Trinajstić information content (AvgIpc) is 3.40. The maximum atomic E-state index is 10.6. The molecule has 0 amide bonds. The Morgan fingerprint density at radius 3 is 0.355 bits per heavy atom. The van der Waals surface area contributed by atoms with Crippen molar-refractivity contribution in [3.8, 4) is 0 Å². The van der Waals surface area contributed by atoms with Crippen LogP contribution in [-0.4, -0.2) is 192 Å². The predicted octanol–water partition coefficient (Wildman–Crippen LogP) is 1.54. The Hall–Kier alpha value is -3.96. The maximum absolute atomic E-state index is 10.6. The molecule has 0 spiro atoms. The molecule has 0 saturated carbocycles. The number of hydrogen-bond donors (Lipinski definition) is 4. The summed E-state index contributed by atoms with van der Waals surface area (Å²) in [6.45, 7) is 14.1. The van der Waals surface area contributed by atoms with Gasteiger partial charge < -0.3 is 56.8 Å². The molecule has 4 aromatic carbocycles. The van der Waals surface area contributed by atoms with E-state index in [9.17, 15) is 33.7 Å². The second kappa shape index (κ2) is 45.0. The Morgan fingerprint density at radius 2 is 0.289 bits per heavy atom. The Labute approximate surface area is 448 Å². The van der Waals surface area contributed by atoms with Crippen molar-refractivity contribution >= 4 is 40.1 Å². The van der Waals surface area contributed by atoms with E-state index in [2.05, 4.69) is 0 Å². The molecule has 6 rings (SSSR count). The first kappa shape index (κ1) is 70.1. The Morgan fingerprint density at radius 1 is 0.197 bits per heavy atom. The van der Waals surface area contributed by atoms with Gasteiger partial charge in [0.25, 0.3) is 0 Å². The number of sulfonamides is 4. The molecule has 2 heterocycles. The number of ether oxygens (including phenoxy) is 12. The van der Waals surface area contributed by atoms with Gasteiger partial charge in [0, 0.05) is 0 Å². The van der Waals surface area contributed by atoms with Crippen LogP contribution in [0.2, 0.25) is 0 Å². The third kappa shape index (κ3) is 43.1. The van der Waals surface area contributed by atoms with Gasteiger partial charge in [-0.05, 0) is 48.5 Å². The Balaban J connectivity index is 0.000000466. The fraction of sp³-hybridized carbons (Fsp3) is 0.500. The van der Waals surface area contributed by atoms with Crippen molar-refractivity contribution in [1.29, 1.82) is 0 Å². The molecular formula is C48H76N4O20S4. The van der Waals surface area contributed by atoms with Crippen molar-refractivity contribution in [2.45, 2.75) is 19.6 Å². The molecule has 24 nitrogen and oxygen atoms in total. The van der Waals surface area contributed by atoms with Crippen LogP contribution >= 0.6 is 0 Å². The molecule has 76 heavy (non-hydrogen) atoms. The van der Waals surface area contributed by atoms with Crippen LogP contribution in [0, 0.1) is 0 Å². The molecule has 0 radical (unpaired) electrons. The molecule has 2 fully saturated rings. The number of hydrogen-bond acceptors (Lipinski definition) is 20. The highest BCUT2D eigenvalue weighted by atomic mass is 32.2. The second-order valence-electron chi connectivity index (χ2n) is 14.8. The van der Waals surface area contributed by atoms with Crippen molar-refractivity contribution in [2.24, 2.45) is 20.6 Å². The highest BCUT2D eigenvalue weighted by Crippen LogP contribution is 2.06. The van der Waals surface area contributed by atoms with E-state index >= 15 is 0 Å². The summed E-state index contributed by atoms with van der Waals surface area (Å²) >= 11 is 0. The zero-order valence-corrected chi connectivity index (χ0v) is 45.9. The van der Waals surface area contributed by atoms with E-state index in [1.807, 2.05) is 0 Å². The summed E-state index contributed by atoms with van der Waals surface area (Å²) in [5, 5.41) is 19.3. The quantitative estimate of drug-likeness (QED) is 0.225. The normalized spacial score (nSPS) is 17.3. The Bertz CT molecular complexity index is 1970. The lowest BCUT2D eigenvalue weighted by Crippen LogP contribution is -2.16. The van der Waals surface area contributed by atoms with Crippen LogP contribution in [0.4, 0.5) is 0 Å². The molecule has 4 aromatic rings. The number of rotatable bonds is 4. The zero-order valence-electron chi connectivity index (χ0n) is 42.6. The summed E-state index contributed by atoms with van der Waals surface area (Å²) in [7, 11) is -14.0. The molecule has 8 N–H and O–H groups in total. The minimum absolute atomic E-state index is 0.148. The van der Waals surface area contributed by atoms with Crippen LogP contribution in [0.15, 0.2) is 141 Å². The van der Waals surface area contributed by atoms with Gasteiger partial charge in [0.15, 0.2) is 0 Å². The molecule has 432 valence electrons. The summed E-state index contributed by atoms with van der Waals surface area (Å²) in [5.74, 6) is 0. The monoisotopic (exact) mass is 1160 g/mol. The van der Waals surface area contributed by atoms with Crippen molar-refractivity contribution in [3.63, 3.8) is 0 Å². The smallest absolute Gasteiger partial charge is 0.238 e. The first-order valence-corrected chi connectivity index (χ1v) is 29.8. The topological polar surface area (TPSA) is 351 Å². The number of primary sulfonamides is 4. The van der Waals surface area contributed by atoms with Crippen molar-refractivity contribution < 1.29 is 90.5 Å². The van der Waals surface area contributed by atoms with E-state index in [-0.39, 0.29) is 19.6 Å². The molecule has 0 atom stereocenters. The summed E-state index contributed by atoms with van der Waals surface area (Å²) in [6.07, 6.45) is 0. The van der Waals surface area contributed by atoms with E-state index in [1.165, 1.54) is 48.5 Å². The highest BCUT2D eigenvalue weighted by Gasteiger charge is 2.06. The van der Waals surface area contributed by atoms with Gasteiger partial charge in [-0.25, -0.2) is 54.2 Å². The standard InChI is InChI=1S/2C12H24O6.4C6H7NO2S/c2*1-2-14-5-6-16-9-10-18-12-11-17-8-7-15-4-3-13-1;4*7-10(8,9)6-4-2-1-3-5-6/h2*1-12H2;4*1-5H,(H2,7,8,9). The largest absolute Gasteiger partial charge is 0.377 e. The lowest BCUT2D eigenvalue weighted by Gasteiger charge is -2.09. The van der Waals surface area contributed by atoms with Crippen LogP contribution in [-0.2, 0) is 96.9 Å². The van der Waals surface area contributed by atoms with Gasteiger partial charge >= 0.3 is 0 Å². The van der Waals surface area contributed by atoms with Crippen LogP contribution in [0.25, 0.3) is 0 Å². The first-order chi connectivity index (χ1) is 36.4. The van der Waals surface area contributed by atoms with Crippen molar-refractivity contribution in [1.82, 2.24) is 0 Å². The molecule has 2 aliphatic heterocycles.